The first-order chi connectivity index (χ1) is 10.1. The number of benzene rings is 1. The van der Waals surface area contributed by atoms with E-state index in [0.717, 1.165) is 11.1 Å². The molecule has 3 rings (SSSR count). The molecule has 0 bridgehead atoms. The molecule has 0 radical (unpaired) electrons. The molecule has 1 aliphatic rings. The second-order valence-electron chi connectivity index (χ2n) is 5.15. The lowest BCUT2D eigenvalue weighted by atomic mass is 9.93. The van der Waals surface area contributed by atoms with E-state index in [1.165, 1.54) is 11.2 Å². The van der Waals surface area contributed by atoms with Crippen LogP contribution in [0.4, 0.5) is 0 Å². The number of nitrogens with zero attached hydrogens (tertiary/aromatic N) is 1. The minimum absolute atomic E-state index is 0.302. The summed E-state index contributed by atoms with van der Waals surface area (Å²) in [6, 6.07) is 8.35. The molecule has 5 nitrogen and oxygen atoms in total. The van der Waals surface area contributed by atoms with Crippen LogP contribution in [0.2, 0.25) is 0 Å². The summed E-state index contributed by atoms with van der Waals surface area (Å²) in [4.78, 5) is 25.5. The fourth-order valence-corrected chi connectivity index (χ4v) is 2.72. The van der Waals surface area contributed by atoms with Gasteiger partial charge in [-0.05, 0) is 24.1 Å². The monoisotopic (exact) mass is 285 g/mol. The largest absolute Gasteiger partial charge is 0.480 e. The van der Waals surface area contributed by atoms with E-state index in [1.54, 1.807) is 13.0 Å². The summed E-state index contributed by atoms with van der Waals surface area (Å²) in [5, 5.41) is 9.43. The Morgan fingerprint density at radius 2 is 1.95 bits per heavy atom. The summed E-state index contributed by atoms with van der Waals surface area (Å²) in [6.45, 7) is 2.00. The van der Waals surface area contributed by atoms with Crippen LogP contribution in [0, 0.1) is 6.92 Å². The lowest BCUT2D eigenvalue weighted by Gasteiger charge is -2.34. The van der Waals surface area contributed by atoms with Crippen LogP contribution < -0.4 is 0 Å². The first kappa shape index (κ1) is 13.4. The predicted molar refractivity (Wildman–Crippen MR) is 74.9 cm³/mol. The van der Waals surface area contributed by atoms with E-state index in [1.807, 2.05) is 24.3 Å². The number of aliphatic carboxylic acids is 1. The van der Waals surface area contributed by atoms with Crippen LogP contribution in [-0.4, -0.2) is 27.9 Å². The van der Waals surface area contributed by atoms with Gasteiger partial charge in [0.1, 0.15) is 11.8 Å². The minimum Gasteiger partial charge on any atom is -0.480 e. The third-order valence-electron chi connectivity index (χ3n) is 3.88. The van der Waals surface area contributed by atoms with Gasteiger partial charge in [0, 0.05) is 13.0 Å². The molecule has 1 amide bonds. The molecular formula is C16H15NO4. The van der Waals surface area contributed by atoms with Crippen molar-refractivity contribution < 1.29 is 19.1 Å². The maximum Gasteiger partial charge on any atom is 0.326 e. The number of carbonyl (C=O) groups excluding carboxylic acids is 1. The van der Waals surface area contributed by atoms with Gasteiger partial charge in [-0.25, -0.2) is 4.79 Å². The molecule has 0 saturated heterocycles. The zero-order valence-electron chi connectivity index (χ0n) is 11.6. The maximum absolute atomic E-state index is 12.6. The van der Waals surface area contributed by atoms with Crippen LogP contribution in [0.15, 0.2) is 41.0 Å². The summed E-state index contributed by atoms with van der Waals surface area (Å²) < 4.78 is 5.15. The zero-order valence-corrected chi connectivity index (χ0v) is 11.6. The van der Waals surface area contributed by atoms with Gasteiger partial charge in [0.15, 0.2) is 0 Å². The highest BCUT2D eigenvalue weighted by Gasteiger charge is 2.35. The van der Waals surface area contributed by atoms with Gasteiger partial charge in [-0.3, -0.25) is 4.79 Å². The number of furan rings is 1. The molecule has 0 saturated carbocycles. The number of carboxylic acids is 1. The lowest BCUT2D eigenvalue weighted by Crippen LogP contribution is -2.48. The van der Waals surface area contributed by atoms with Gasteiger partial charge >= 0.3 is 5.97 Å². The molecule has 1 atom stereocenters. The van der Waals surface area contributed by atoms with Crippen molar-refractivity contribution in [2.75, 3.05) is 0 Å². The predicted octanol–water partition coefficient (Wildman–Crippen LogP) is 2.24. The van der Waals surface area contributed by atoms with Crippen LogP contribution in [0.5, 0.6) is 0 Å². The highest BCUT2D eigenvalue weighted by Crippen LogP contribution is 2.26. The van der Waals surface area contributed by atoms with Gasteiger partial charge in [-0.15, -0.1) is 0 Å². The average Bonchev–Trinajstić information content (AvgIpc) is 2.91. The number of carbonyl (C=O) groups is 2. The molecule has 0 unspecified atom stereocenters. The summed E-state index contributed by atoms with van der Waals surface area (Å²) in [7, 11) is 0. The minimum atomic E-state index is -0.987. The number of fused-ring (bicyclic) bond motifs is 1. The normalized spacial score (nSPS) is 17.4. The molecule has 0 fully saturated rings. The van der Waals surface area contributed by atoms with Crippen molar-refractivity contribution in [3.8, 4) is 0 Å². The molecule has 1 aliphatic heterocycles. The first-order valence-electron chi connectivity index (χ1n) is 6.72. The number of amides is 1. The lowest BCUT2D eigenvalue weighted by molar-refractivity contribution is -0.142. The van der Waals surface area contributed by atoms with Gasteiger partial charge in [0.05, 0.1) is 11.8 Å². The summed E-state index contributed by atoms with van der Waals surface area (Å²) in [6.07, 6.45) is 1.77. The quantitative estimate of drug-likeness (QED) is 0.918. The average molecular weight is 285 g/mol. The van der Waals surface area contributed by atoms with E-state index in [2.05, 4.69) is 0 Å². The number of carboxylic acid groups (broad SMARTS) is 1. The number of aryl methyl sites for hydroxylation is 1. The van der Waals surface area contributed by atoms with E-state index < -0.39 is 12.0 Å². The molecular weight excluding hydrogens is 270 g/mol. The Hall–Kier alpha value is -2.56. The number of hydrogen-bond donors (Lipinski definition) is 1. The van der Waals surface area contributed by atoms with Crippen molar-refractivity contribution in [1.82, 2.24) is 4.90 Å². The SMILES string of the molecule is Cc1occc1C(=O)N1Cc2ccccc2C[C@@H]1C(=O)O. The van der Waals surface area contributed by atoms with Crippen molar-refractivity contribution >= 4 is 11.9 Å². The Labute approximate surface area is 121 Å². The molecule has 0 aliphatic carbocycles. The van der Waals surface area contributed by atoms with Crippen LogP contribution in [0.3, 0.4) is 0 Å². The summed E-state index contributed by atoms with van der Waals surface area (Å²) in [5.41, 5.74) is 2.39. The topological polar surface area (TPSA) is 70.8 Å². The summed E-state index contributed by atoms with van der Waals surface area (Å²) in [5.74, 6) is -0.787. The molecule has 2 aromatic rings. The standard InChI is InChI=1S/C16H15NO4/c1-10-13(6-7-21-10)15(18)17-9-12-5-3-2-4-11(12)8-14(17)16(19)20/h2-7,14H,8-9H2,1H3,(H,19,20)/t14-/m1/s1. The molecule has 2 heterocycles. The third-order valence-corrected chi connectivity index (χ3v) is 3.88. The van der Waals surface area contributed by atoms with Crippen molar-refractivity contribution in [3.63, 3.8) is 0 Å². The Morgan fingerprint density at radius 1 is 1.24 bits per heavy atom. The maximum atomic E-state index is 12.6. The molecule has 1 N–H and O–H groups in total. The second-order valence-corrected chi connectivity index (χ2v) is 5.15. The smallest absolute Gasteiger partial charge is 0.326 e. The van der Waals surface area contributed by atoms with Crippen LogP contribution in [0.1, 0.15) is 27.2 Å². The van der Waals surface area contributed by atoms with Crippen molar-refractivity contribution in [2.24, 2.45) is 0 Å². The Morgan fingerprint density at radius 3 is 2.57 bits per heavy atom. The Balaban J connectivity index is 1.98. The molecule has 108 valence electrons. The number of rotatable bonds is 2. The third kappa shape index (κ3) is 2.31. The van der Waals surface area contributed by atoms with Crippen LogP contribution >= 0.6 is 0 Å². The van der Waals surface area contributed by atoms with E-state index >= 15 is 0 Å². The van der Waals surface area contributed by atoms with Crippen molar-refractivity contribution in [1.29, 1.82) is 0 Å². The Bertz CT molecular complexity index is 704. The van der Waals surface area contributed by atoms with Gasteiger partial charge in [-0.1, -0.05) is 24.3 Å². The van der Waals surface area contributed by atoms with Gasteiger partial charge in [0.25, 0.3) is 5.91 Å². The fraction of sp³-hybridized carbons (Fsp3) is 0.250. The van der Waals surface area contributed by atoms with Crippen LogP contribution in [0.25, 0.3) is 0 Å². The van der Waals surface area contributed by atoms with E-state index in [4.69, 9.17) is 4.42 Å². The van der Waals surface area contributed by atoms with Gasteiger partial charge in [0.2, 0.25) is 0 Å². The molecule has 1 aromatic carbocycles. The highest BCUT2D eigenvalue weighted by atomic mass is 16.4. The van der Waals surface area contributed by atoms with Gasteiger partial charge in [-0.2, -0.15) is 0 Å². The molecule has 21 heavy (non-hydrogen) atoms. The van der Waals surface area contributed by atoms with E-state index in [-0.39, 0.29) is 5.91 Å². The summed E-state index contributed by atoms with van der Waals surface area (Å²) >= 11 is 0. The molecule has 1 aromatic heterocycles. The van der Waals surface area contributed by atoms with Gasteiger partial charge < -0.3 is 14.4 Å². The Kier molecular flexibility index (Phi) is 3.25. The van der Waals surface area contributed by atoms with Crippen molar-refractivity contribution in [2.45, 2.75) is 25.9 Å². The molecule has 0 spiro atoms. The zero-order chi connectivity index (χ0) is 15.0. The first-order valence-corrected chi connectivity index (χ1v) is 6.72. The number of hydrogen-bond acceptors (Lipinski definition) is 3. The second kappa shape index (κ2) is 5.09. The van der Waals surface area contributed by atoms with E-state index in [0.29, 0.717) is 24.3 Å². The van der Waals surface area contributed by atoms with Crippen molar-refractivity contribution in [3.05, 3.63) is 59.0 Å². The highest BCUT2D eigenvalue weighted by molar-refractivity contribution is 5.97. The molecule has 5 heteroatoms. The fourth-order valence-electron chi connectivity index (χ4n) is 2.72. The van der Waals surface area contributed by atoms with E-state index in [9.17, 15) is 14.7 Å². The van der Waals surface area contributed by atoms with Crippen LogP contribution in [-0.2, 0) is 17.8 Å².